The molecule has 3 aromatic heterocycles. The van der Waals surface area contributed by atoms with Gasteiger partial charge in [-0.1, -0.05) is 24.3 Å². The second kappa shape index (κ2) is 13.6. The van der Waals surface area contributed by atoms with Gasteiger partial charge >= 0.3 is 6.09 Å². The van der Waals surface area contributed by atoms with Crippen LogP contribution in [-0.4, -0.2) is 42.7 Å². The normalized spacial score (nSPS) is 16.0. The molecule has 1 unspecified atom stereocenters. The maximum Gasteiger partial charge on any atom is 0.407 e. The predicted molar refractivity (Wildman–Crippen MR) is 191 cm³/mol. The molecule has 0 spiro atoms. The third-order valence-electron chi connectivity index (χ3n) is 9.76. The Labute approximate surface area is 299 Å². The number of fused-ring (bicyclic) bond motifs is 2. The average Bonchev–Trinajstić information content (AvgIpc) is 3.95. The molecule has 0 bridgehead atoms. The molecule has 2 amide bonds. The molecule has 11 nitrogen and oxygen atoms in total. The number of halogens is 1. The van der Waals surface area contributed by atoms with Gasteiger partial charge in [-0.3, -0.25) is 19.6 Å². The molecule has 5 aromatic rings. The van der Waals surface area contributed by atoms with E-state index in [9.17, 15) is 19.2 Å². The van der Waals surface area contributed by atoms with Crippen molar-refractivity contribution < 1.29 is 18.7 Å². The highest BCUT2D eigenvalue weighted by molar-refractivity contribution is 5.94. The summed E-state index contributed by atoms with van der Waals surface area (Å²) in [6, 6.07) is 19.0. The lowest BCUT2D eigenvalue weighted by Gasteiger charge is -2.37. The van der Waals surface area contributed by atoms with E-state index in [0.717, 1.165) is 36.1 Å². The number of carbonyl (C=O) groups excluding carboxylic acids is 2. The molecule has 52 heavy (non-hydrogen) atoms. The van der Waals surface area contributed by atoms with Gasteiger partial charge < -0.3 is 15.0 Å². The highest BCUT2D eigenvalue weighted by atomic mass is 19.1. The van der Waals surface area contributed by atoms with Crippen LogP contribution in [0.5, 0.6) is 0 Å². The minimum atomic E-state index is -0.853. The Morgan fingerprint density at radius 3 is 2.65 bits per heavy atom. The Hall–Kier alpha value is -5.96. The zero-order chi connectivity index (χ0) is 36.6. The number of aromatic nitrogens is 4. The number of nitrogens with one attached hydrogen (secondary N) is 2. The third kappa shape index (κ3) is 6.74. The lowest BCUT2D eigenvalue weighted by Crippen LogP contribution is -2.43. The number of benzene rings is 2. The van der Waals surface area contributed by atoms with Crippen molar-refractivity contribution >= 4 is 22.8 Å². The van der Waals surface area contributed by atoms with Crippen molar-refractivity contribution in [1.82, 2.24) is 30.4 Å². The zero-order valence-corrected chi connectivity index (χ0v) is 29.2. The molecular weight excluding hydrogens is 661 g/mol. The summed E-state index contributed by atoms with van der Waals surface area (Å²) in [6.07, 6.45) is 6.37. The Kier molecular flexibility index (Phi) is 9.04. The number of aromatic amines is 1. The summed E-state index contributed by atoms with van der Waals surface area (Å²) >= 11 is 0. The number of amides is 2. The first-order chi connectivity index (χ1) is 25.0. The fraction of sp³-hybridized carbons (Fsp3) is 0.325. The number of nitriles is 1. The maximum atomic E-state index is 15.0. The summed E-state index contributed by atoms with van der Waals surface area (Å²) in [5.74, 6) is -0.587. The fourth-order valence-corrected chi connectivity index (χ4v) is 7.11. The molecule has 0 radical (unpaired) electrons. The number of carbonyl (C=O) groups is 2. The highest BCUT2D eigenvalue weighted by Crippen LogP contribution is 2.52. The highest BCUT2D eigenvalue weighted by Gasteiger charge is 2.54. The van der Waals surface area contributed by atoms with Crippen molar-refractivity contribution in [3.63, 3.8) is 0 Å². The van der Waals surface area contributed by atoms with Gasteiger partial charge in [0.15, 0.2) is 0 Å². The van der Waals surface area contributed by atoms with Crippen molar-refractivity contribution in [2.75, 3.05) is 0 Å². The molecule has 12 heteroatoms. The molecule has 1 atom stereocenters. The summed E-state index contributed by atoms with van der Waals surface area (Å²) < 4.78 is 20.2. The Morgan fingerprint density at radius 1 is 1.10 bits per heavy atom. The van der Waals surface area contributed by atoms with Crippen molar-refractivity contribution in [3.05, 3.63) is 123 Å². The van der Waals surface area contributed by atoms with Gasteiger partial charge in [0.2, 0.25) is 5.91 Å². The van der Waals surface area contributed by atoms with Crippen LogP contribution in [0.2, 0.25) is 0 Å². The Morgan fingerprint density at radius 2 is 1.92 bits per heavy atom. The van der Waals surface area contributed by atoms with E-state index < -0.39 is 22.9 Å². The lowest BCUT2D eigenvalue weighted by molar-refractivity contribution is -0.137. The van der Waals surface area contributed by atoms with E-state index in [0.29, 0.717) is 40.6 Å². The van der Waals surface area contributed by atoms with Crippen LogP contribution in [0.1, 0.15) is 86.3 Å². The largest absolute Gasteiger partial charge is 0.444 e. The van der Waals surface area contributed by atoms with Gasteiger partial charge in [-0.2, -0.15) is 10.4 Å². The topological polar surface area (TPSA) is 154 Å². The first kappa shape index (κ1) is 34.5. The third-order valence-corrected chi connectivity index (χ3v) is 9.76. The summed E-state index contributed by atoms with van der Waals surface area (Å²) in [7, 11) is 0. The lowest BCUT2D eigenvalue weighted by atomic mass is 9.87. The molecular formula is C40H38FN7O4. The molecule has 3 heterocycles. The van der Waals surface area contributed by atoms with E-state index >= 15 is 4.79 Å². The predicted octanol–water partition coefficient (Wildman–Crippen LogP) is 6.55. The number of aryl methyl sites for hydroxylation is 1. The number of hydrogen-bond donors (Lipinski definition) is 2. The van der Waals surface area contributed by atoms with E-state index in [-0.39, 0.29) is 41.7 Å². The number of H-pyrrole nitrogens is 1. The molecule has 7 rings (SSSR count). The van der Waals surface area contributed by atoms with E-state index in [2.05, 4.69) is 32.6 Å². The zero-order valence-electron chi connectivity index (χ0n) is 29.2. The van der Waals surface area contributed by atoms with Crippen LogP contribution >= 0.6 is 0 Å². The van der Waals surface area contributed by atoms with Gasteiger partial charge in [-0.15, -0.1) is 0 Å². The van der Waals surface area contributed by atoms with Gasteiger partial charge in [0.1, 0.15) is 11.4 Å². The van der Waals surface area contributed by atoms with E-state index in [1.54, 1.807) is 51.2 Å². The molecule has 1 saturated carbocycles. The molecule has 264 valence electrons. The maximum absolute atomic E-state index is 15.0. The molecule has 2 N–H and O–H groups in total. The van der Waals surface area contributed by atoms with Crippen LogP contribution in [0.15, 0.2) is 77.9 Å². The number of hydrogen-bond acceptors (Lipinski definition) is 8. The summed E-state index contributed by atoms with van der Waals surface area (Å²) in [6.45, 7) is 5.50. The standard InChI is InChI=1S/C40H38FN7O4/c1-39(2,3)52-38(51)45-22-32-30-19-27(13-15-29(30)36(49)47-46-32)40(16-17-40)37(50)48(33-11-5-7-24-9-6-18-43-35(24)33)23-28-14-12-26(21-44-28)34-25(20-42)8-4-10-31(34)41/h4,6,8-10,12-15,18-19,21,33H,5,7,11,16-17,22-23H2,1-3H3,(H,45,51)(H,47,49). The average molecular weight is 700 g/mol. The summed E-state index contributed by atoms with van der Waals surface area (Å²) in [5.41, 5.74) is 2.71. The first-order valence-corrected chi connectivity index (χ1v) is 17.3. The van der Waals surface area contributed by atoms with Gasteiger partial charge in [0, 0.05) is 28.9 Å². The second-order valence-electron chi connectivity index (χ2n) is 14.4. The number of nitrogens with zero attached hydrogens (tertiary/aromatic N) is 5. The molecule has 1 fully saturated rings. The number of ether oxygens (including phenoxy) is 1. The van der Waals surface area contributed by atoms with E-state index in [1.165, 1.54) is 18.3 Å². The van der Waals surface area contributed by atoms with Gasteiger partial charge in [0.25, 0.3) is 5.56 Å². The van der Waals surface area contributed by atoms with Crippen molar-refractivity contribution in [2.24, 2.45) is 0 Å². The minimum Gasteiger partial charge on any atom is -0.444 e. The first-order valence-electron chi connectivity index (χ1n) is 17.3. The molecule has 2 aliphatic carbocycles. The van der Waals surface area contributed by atoms with Gasteiger partial charge in [0.05, 0.1) is 58.6 Å². The Balaban J connectivity index is 1.24. The SMILES string of the molecule is CC(C)(C)OC(=O)NCc1n[nH]c(=O)c2ccc(C3(C(=O)N(Cc4ccc(-c5c(F)cccc5C#N)cn4)C4CCCc5cccnc54)CC3)cc12. The van der Waals surface area contributed by atoms with Crippen molar-refractivity contribution in [1.29, 1.82) is 5.26 Å². The molecule has 0 saturated heterocycles. The van der Waals surface area contributed by atoms with Crippen LogP contribution < -0.4 is 10.9 Å². The van der Waals surface area contributed by atoms with Crippen LogP contribution in [0.25, 0.3) is 21.9 Å². The van der Waals surface area contributed by atoms with E-state index in [4.69, 9.17) is 9.72 Å². The van der Waals surface area contributed by atoms with Crippen LogP contribution in [0.3, 0.4) is 0 Å². The Bertz CT molecular complexity index is 2290. The quantitative estimate of drug-likeness (QED) is 0.185. The molecule has 2 aromatic carbocycles. The molecule has 0 aliphatic heterocycles. The summed E-state index contributed by atoms with van der Waals surface area (Å²) in [4.78, 5) is 51.5. The minimum absolute atomic E-state index is 0.00759. The van der Waals surface area contributed by atoms with E-state index in [1.807, 2.05) is 23.1 Å². The van der Waals surface area contributed by atoms with Gasteiger partial charge in [-0.25, -0.2) is 14.3 Å². The van der Waals surface area contributed by atoms with Crippen molar-refractivity contribution in [2.45, 2.75) is 83.0 Å². The fourth-order valence-electron chi connectivity index (χ4n) is 7.11. The number of alkyl carbamates (subject to hydrolysis) is 1. The molecule has 2 aliphatic rings. The van der Waals surface area contributed by atoms with Crippen LogP contribution in [0, 0.1) is 17.1 Å². The second-order valence-corrected chi connectivity index (χ2v) is 14.4. The smallest absolute Gasteiger partial charge is 0.407 e. The summed E-state index contributed by atoms with van der Waals surface area (Å²) in [5, 5.41) is 20.0. The monoisotopic (exact) mass is 699 g/mol. The van der Waals surface area contributed by atoms with Crippen LogP contribution in [-0.2, 0) is 34.5 Å². The number of rotatable bonds is 8. The van der Waals surface area contributed by atoms with Crippen molar-refractivity contribution in [3.8, 4) is 17.2 Å². The van der Waals surface area contributed by atoms with Gasteiger partial charge in [-0.05, 0) is 100 Å². The van der Waals surface area contributed by atoms with Crippen LogP contribution in [0.4, 0.5) is 9.18 Å². The number of pyridine rings is 2.